The molecule has 3 fully saturated rings. The van der Waals surface area contributed by atoms with Gasteiger partial charge in [0, 0.05) is 12.1 Å². The lowest BCUT2D eigenvalue weighted by atomic mass is 9.91. The Hall–Kier alpha value is -2.08. The Bertz CT molecular complexity index is 630. The molecule has 0 aromatic heterocycles. The number of nitrogens with zero attached hydrogens (tertiary/aromatic N) is 2. The van der Waals surface area contributed by atoms with Crippen LogP contribution >= 0.6 is 0 Å². The minimum atomic E-state index is -0.720. The molecule has 0 radical (unpaired) electrons. The van der Waals surface area contributed by atoms with E-state index in [4.69, 9.17) is 4.74 Å². The van der Waals surface area contributed by atoms with Crippen molar-refractivity contribution < 1.29 is 19.4 Å². The number of aliphatic carboxylic acids is 1. The maximum atomic E-state index is 12.8. The van der Waals surface area contributed by atoms with Gasteiger partial charge in [-0.2, -0.15) is 0 Å². The Morgan fingerprint density at radius 2 is 1.72 bits per heavy atom. The second kappa shape index (κ2) is 6.67. The van der Waals surface area contributed by atoms with E-state index in [0.29, 0.717) is 32.5 Å². The number of rotatable bonds is 4. The van der Waals surface area contributed by atoms with Crippen LogP contribution in [-0.2, 0) is 16.1 Å². The summed E-state index contributed by atoms with van der Waals surface area (Å²) in [6.07, 6.45) is 3.15. The van der Waals surface area contributed by atoms with Gasteiger partial charge in [-0.3, -0.25) is 4.79 Å². The fourth-order valence-electron chi connectivity index (χ4n) is 4.34. The molecule has 3 aliphatic rings. The summed E-state index contributed by atoms with van der Waals surface area (Å²) in [5.41, 5.74) is 1.14. The summed E-state index contributed by atoms with van der Waals surface area (Å²) in [5.74, 6) is -1.01. The topological polar surface area (TPSA) is 70.1 Å². The van der Waals surface area contributed by atoms with E-state index in [1.807, 2.05) is 40.1 Å². The van der Waals surface area contributed by atoms with Gasteiger partial charge in [0.1, 0.15) is 0 Å². The van der Waals surface area contributed by atoms with Gasteiger partial charge < -0.3 is 19.6 Å². The van der Waals surface area contributed by atoms with Gasteiger partial charge in [0.25, 0.3) is 0 Å². The van der Waals surface area contributed by atoms with Gasteiger partial charge in [-0.15, -0.1) is 0 Å². The number of piperidine rings is 1. The maximum absolute atomic E-state index is 12.8. The molecule has 134 valence electrons. The third-order valence-corrected chi connectivity index (χ3v) is 5.75. The predicted molar refractivity (Wildman–Crippen MR) is 91.0 cm³/mol. The highest BCUT2D eigenvalue weighted by Crippen LogP contribution is 2.39. The van der Waals surface area contributed by atoms with Gasteiger partial charge in [-0.1, -0.05) is 30.3 Å². The molecular weight excluding hydrogens is 320 g/mol. The third kappa shape index (κ3) is 3.23. The second-order valence-electron chi connectivity index (χ2n) is 7.41. The minimum absolute atomic E-state index is 0.0656. The smallest absolute Gasteiger partial charge is 0.320 e. The number of likely N-dealkylation sites (tertiary alicyclic amines) is 1. The van der Waals surface area contributed by atoms with Gasteiger partial charge in [0.2, 0.25) is 0 Å². The zero-order valence-electron chi connectivity index (χ0n) is 14.2. The molecule has 3 saturated heterocycles. The summed E-state index contributed by atoms with van der Waals surface area (Å²) in [5, 5.41) is 9.25. The average Bonchev–Trinajstić information content (AvgIpc) is 2.83. The van der Waals surface area contributed by atoms with Crippen molar-refractivity contribution in [2.75, 3.05) is 13.1 Å². The first-order chi connectivity index (χ1) is 12.1. The first-order valence-corrected chi connectivity index (χ1v) is 9.07. The largest absolute Gasteiger partial charge is 0.481 e. The van der Waals surface area contributed by atoms with Crippen LogP contribution in [0.1, 0.15) is 31.2 Å². The van der Waals surface area contributed by atoms with Crippen molar-refractivity contribution in [1.29, 1.82) is 0 Å². The number of hydrogen-bond donors (Lipinski definition) is 1. The molecular formula is C19H24N2O4. The van der Waals surface area contributed by atoms with E-state index in [-0.39, 0.29) is 30.1 Å². The predicted octanol–water partition coefficient (Wildman–Crippen LogP) is 2.33. The first kappa shape index (κ1) is 16.4. The standard InChI is InChI=1S/C19H24N2O4/c22-18(23)14-8-15-6-7-16(9-14)21(15)19(24)20-10-17(11-20)25-12-13-4-2-1-3-5-13/h1-5,14-17H,6-12H2,(H,22,23)/t14?,15-,16+. The van der Waals surface area contributed by atoms with Crippen molar-refractivity contribution in [2.24, 2.45) is 5.92 Å². The highest BCUT2D eigenvalue weighted by molar-refractivity contribution is 5.77. The van der Waals surface area contributed by atoms with Crippen molar-refractivity contribution >= 4 is 12.0 Å². The van der Waals surface area contributed by atoms with E-state index in [1.54, 1.807) is 0 Å². The molecule has 3 aliphatic heterocycles. The number of fused-ring (bicyclic) bond motifs is 2. The number of carboxylic acids is 1. The van der Waals surface area contributed by atoms with Crippen LogP contribution in [0.4, 0.5) is 4.79 Å². The summed E-state index contributed by atoms with van der Waals surface area (Å²) in [7, 11) is 0. The van der Waals surface area contributed by atoms with E-state index < -0.39 is 5.97 Å². The van der Waals surface area contributed by atoms with Crippen molar-refractivity contribution in [3.8, 4) is 0 Å². The van der Waals surface area contributed by atoms with E-state index >= 15 is 0 Å². The summed E-state index contributed by atoms with van der Waals surface area (Å²) >= 11 is 0. The molecule has 2 bridgehead atoms. The Kier molecular flexibility index (Phi) is 4.37. The van der Waals surface area contributed by atoms with Crippen molar-refractivity contribution in [3.05, 3.63) is 35.9 Å². The van der Waals surface area contributed by atoms with Gasteiger partial charge in [-0.25, -0.2) is 4.79 Å². The van der Waals surface area contributed by atoms with Crippen LogP contribution in [0, 0.1) is 5.92 Å². The monoisotopic (exact) mass is 344 g/mol. The van der Waals surface area contributed by atoms with Gasteiger partial charge in [-0.05, 0) is 31.2 Å². The van der Waals surface area contributed by atoms with Crippen LogP contribution in [-0.4, -0.2) is 58.2 Å². The number of ether oxygens (including phenoxy) is 1. The molecule has 0 spiro atoms. The summed E-state index contributed by atoms with van der Waals surface area (Å²) < 4.78 is 5.86. The molecule has 3 heterocycles. The van der Waals surface area contributed by atoms with Crippen LogP contribution in [0.15, 0.2) is 30.3 Å². The summed E-state index contributed by atoms with van der Waals surface area (Å²) in [4.78, 5) is 27.8. The van der Waals surface area contributed by atoms with Gasteiger partial charge >= 0.3 is 12.0 Å². The fourth-order valence-corrected chi connectivity index (χ4v) is 4.34. The minimum Gasteiger partial charge on any atom is -0.481 e. The Labute approximate surface area is 147 Å². The molecule has 6 heteroatoms. The zero-order chi connectivity index (χ0) is 17.4. The first-order valence-electron chi connectivity index (χ1n) is 9.07. The molecule has 1 unspecified atom stereocenters. The fraction of sp³-hybridized carbons (Fsp3) is 0.579. The van der Waals surface area contributed by atoms with Gasteiger partial charge in [0.15, 0.2) is 0 Å². The average molecular weight is 344 g/mol. The quantitative estimate of drug-likeness (QED) is 0.910. The lowest BCUT2D eigenvalue weighted by Crippen LogP contribution is -2.61. The van der Waals surface area contributed by atoms with E-state index in [2.05, 4.69) is 0 Å². The Morgan fingerprint density at radius 3 is 2.32 bits per heavy atom. The molecule has 3 atom stereocenters. The molecule has 1 aromatic rings. The normalized spacial score (nSPS) is 28.7. The molecule has 0 saturated carbocycles. The van der Waals surface area contributed by atoms with Gasteiger partial charge in [0.05, 0.1) is 31.7 Å². The number of carbonyl (C=O) groups is 2. The molecule has 6 nitrogen and oxygen atoms in total. The van der Waals surface area contributed by atoms with Crippen molar-refractivity contribution in [2.45, 2.75) is 50.5 Å². The lowest BCUT2D eigenvalue weighted by Gasteiger charge is -2.45. The summed E-state index contributed by atoms with van der Waals surface area (Å²) in [6, 6.07) is 10.3. The number of hydrogen-bond acceptors (Lipinski definition) is 3. The molecule has 1 N–H and O–H groups in total. The van der Waals surface area contributed by atoms with E-state index in [0.717, 1.165) is 18.4 Å². The van der Waals surface area contributed by atoms with Crippen molar-refractivity contribution in [3.63, 3.8) is 0 Å². The number of amides is 2. The highest BCUT2D eigenvalue weighted by atomic mass is 16.5. The molecule has 1 aromatic carbocycles. The zero-order valence-corrected chi connectivity index (χ0v) is 14.2. The lowest BCUT2D eigenvalue weighted by molar-refractivity contribution is -0.144. The highest BCUT2D eigenvalue weighted by Gasteiger charge is 2.47. The SMILES string of the molecule is O=C(O)C1C[C@H]2CC[C@@H](C1)N2C(=O)N1CC(OCc2ccccc2)C1. The van der Waals surface area contributed by atoms with Crippen molar-refractivity contribution in [1.82, 2.24) is 9.80 Å². The second-order valence-corrected chi connectivity index (χ2v) is 7.41. The van der Waals surface area contributed by atoms with Crippen LogP contribution in [0.5, 0.6) is 0 Å². The van der Waals surface area contributed by atoms with Crippen LogP contribution in [0.3, 0.4) is 0 Å². The molecule has 4 rings (SSSR count). The molecule has 2 amide bonds. The number of carboxylic acid groups (broad SMARTS) is 1. The number of urea groups is 1. The van der Waals surface area contributed by atoms with Crippen LogP contribution in [0.25, 0.3) is 0 Å². The van der Waals surface area contributed by atoms with E-state index in [9.17, 15) is 14.7 Å². The maximum Gasteiger partial charge on any atom is 0.320 e. The summed E-state index contributed by atoms with van der Waals surface area (Å²) in [6.45, 7) is 1.83. The molecule has 0 aliphatic carbocycles. The van der Waals surface area contributed by atoms with Crippen LogP contribution in [0.2, 0.25) is 0 Å². The Balaban J connectivity index is 1.27. The van der Waals surface area contributed by atoms with Crippen LogP contribution < -0.4 is 0 Å². The Morgan fingerprint density at radius 1 is 1.08 bits per heavy atom. The number of carbonyl (C=O) groups excluding carboxylic acids is 1. The van der Waals surface area contributed by atoms with E-state index in [1.165, 1.54) is 0 Å². The molecule has 25 heavy (non-hydrogen) atoms. The number of benzene rings is 1. The third-order valence-electron chi connectivity index (χ3n) is 5.75.